The third-order valence-corrected chi connectivity index (χ3v) is 9.20. The summed E-state index contributed by atoms with van der Waals surface area (Å²) < 4.78 is 20.8. The highest BCUT2D eigenvalue weighted by Crippen LogP contribution is 2.41. The number of ether oxygens (including phenoxy) is 1. The van der Waals surface area contributed by atoms with Crippen molar-refractivity contribution in [3.63, 3.8) is 0 Å². The molecule has 5 rings (SSSR count). The molecule has 1 saturated carbocycles. The normalized spacial score (nSPS) is 17.5. The second kappa shape index (κ2) is 11.4. The van der Waals surface area contributed by atoms with Gasteiger partial charge in [0.2, 0.25) is 0 Å². The zero-order valence-corrected chi connectivity index (χ0v) is 23.3. The van der Waals surface area contributed by atoms with Crippen molar-refractivity contribution in [3.05, 3.63) is 81.6 Å². The lowest BCUT2D eigenvalue weighted by atomic mass is 9.89. The minimum Gasteiger partial charge on any atom is -0.496 e. The van der Waals surface area contributed by atoms with E-state index in [1.165, 1.54) is 6.07 Å². The number of fused-ring (bicyclic) bond motifs is 1. The average molecular weight is 552 g/mol. The Morgan fingerprint density at radius 3 is 2.63 bits per heavy atom. The standard InChI is InChI=1S/C30H31ClFN3O2S/c1-18-7-13-23(32)28-26(18)27(31)29(38-28)30(36)35(22-11-9-21(33-2)10-12-22)17-20-16-19(8-14-25(20)37-3)24-6-4-5-15-34-24/h4-8,13-16,21-22,33H,9-12,17H2,1-3H3. The number of nitrogens with one attached hydrogen (secondary N) is 1. The lowest BCUT2D eigenvalue weighted by Crippen LogP contribution is -2.44. The van der Waals surface area contributed by atoms with E-state index >= 15 is 0 Å². The molecule has 2 aromatic carbocycles. The molecule has 0 unspecified atom stereocenters. The summed E-state index contributed by atoms with van der Waals surface area (Å²) in [5, 5.41) is 4.31. The van der Waals surface area contributed by atoms with Crippen molar-refractivity contribution in [2.24, 2.45) is 0 Å². The van der Waals surface area contributed by atoms with Gasteiger partial charge < -0.3 is 15.0 Å². The van der Waals surface area contributed by atoms with E-state index in [0.717, 1.165) is 59.4 Å². The Balaban J connectivity index is 1.56. The number of amides is 1. The zero-order valence-electron chi connectivity index (χ0n) is 21.8. The Labute approximate surface area is 231 Å². The van der Waals surface area contributed by atoms with Crippen LogP contribution in [-0.2, 0) is 6.54 Å². The maximum atomic E-state index is 14.7. The smallest absolute Gasteiger partial charge is 0.266 e. The second-order valence-corrected chi connectivity index (χ2v) is 11.2. The first-order valence-electron chi connectivity index (χ1n) is 12.8. The molecule has 5 nitrogen and oxygen atoms in total. The molecule has 1 fully saturated rings. The van der Waals surface area contributed by atoms with Crippen LogP contribution in [0.4, 0.5) is 4.39 Å². The van der Waals surface area contributed by atoms with Gasteiger partial charge in [-0.05, 0) is 81.6 Å². The van der Waals surface area contributed by atoms with Crippen molar-refractivity contribution in [1.29, 1.82) is 0 Å². The highest BCUT2D eigenvalue weighted by molar-refractivity contribution is 7.21. The fourth-order valence-corrected chi connectivity index (χ4v) is 7.01. The molecule has 0 aliphatic heterocycles. The number of pyridine rings is 1. The van der Waals surface area contributed by atoms with E-state index in [9.17, 15) is 9.18 Å². The van der Waals surface area contributed by atoms with E-state index in [4.69, 9.17) is 16.3 Å². The van der Waals surface area contributed by atoms with Crippen LogP contribution in [0.2, 0.25) is 5.02 Å². The highest BCUT2D eigenvalue weighted by Gasteiger charge is 2.32. The van der Waals surface area contributed by atoms with Crippen LogP contribution in [0, 0.1) is 12.7 Å². The first kappa shape index (κ1) is 26.6. The van der Waals surface area contributed by atoms with Gasteiger partial charge in [0, 0.05) is 41.3 Å². The molecule has 38 heavy (non-hydrogen) atoms. The van der Waals surface area contributed by atoms with Gasteiger partial charge in [0.15, 0.2) is 0 Å². The quantitative estimate of drug-likeness (QED) is 0.263. The van der Waals surface area contributed by atoms with E-state index in [2.05, 4.69) is 10.3 Å². The van der Waals surface area contributed by atoms with Crippen LogP contribution in [0.5, 0.6) is 5.75 Å². The predicted octanol–water partition coefficient (Wildman–Crippen LogP) is 7.25. The second-order valence-electron chi connectivity index (χ2n) is 9.78. The van der Waals surface area contributed by atoms with Crippen LogP contribution in [0.3, 0.4) is 0 Å². The van der Waals surface area contributed by atoms with E-state index < -0.39 is 0 Å². The maximum Gasteiger partial charge on any atom is 0.266 e. The van der Waals surface area contributed by atoms with Gasteiger partial charge in [-0.25, -0.2) is 4.39 Å². The summed E-state index contributed by atoms with van der Waals surface area (Å²) in [6.07, 6.45) is 5.46. The molecule has 0 saturated heterocycles. The predicted molar refractivity (Wildman–Crippen MR) is 153 cm³/mol. The number of aryl methyl sites for hydroxylation is 1. The summed E-state index contributed by atoms with van der Waals surface area (Å²) in [7, 11) is 3.62. The molecule has 0 radical (unpaired) electrons. The van der Waals surface area contributed by atoms with E-state index in [1.54, 1.807) is 19.4 Å². The molecule has 4 aromatic rings. The van der Waals surface area contributed by atoms with Crippen LogP contribution < -0.4 is 10.1 Å². The average Bonchev–Trinajstić information content (AvgIpc) is 3.32. The fraction of sp³-hybridized carbons (Fsp3) is 0.333. The number of methoxy groups -OCH3 is 1. The summed E-state index contributed by atoms with van der Waals surface area (Å²) >= 11 is 7.92. The molecule has 1 aliphatic carbocycles. The molecular formula is C30H31ClFN3O2S. The monoisotopic (exact) mass is 551 g/mol. The van der Waals surface area contributed by atoms with Crippen LogP contribution in [0.15, 0.2) is 54.7 Å². The van der Waals surface area contributed by atoms with Gasteiger partial charge in [-0.2, -0.15) is 0 Å². The Morgan fingerprint density at radius 1 is 1.18 bits per heavy atom. The summed E-state index contributed by atoms with van der Waals surface area (Å²) in [6, 6.07) is 15.3. The third kappa shape index (κ3) is 5.15. The Morgan fingerprint density at radius 2 is 1.97 bits per heavy atom. The van der Waals surface area contributed by atoms with Gasteiger partial charge in [-0.15, -0.1) is 11.3 Å². The Bertz CT molecular complexity index is 1450. The third-order valence-electron chi connectivity index (χ3n) is 7.52. The zero-order chi connectivity index (χ0) is 26.8. The number of halogens is 2. The van der Waals surface area contributed by atoms with E-state index in [-0.39, 0.29) is 17.8 Å². The van der Waals surface area contributed by atoms with Crippen molar-refractivity contribution < 1.29 is 13.9 Å². The molecule has 2 heterocycles. The molecule has 8 heteroatoms. The number of carbonyl (C=O) groups is 1. The maximum absolute atomic E-state index is 14.7. The topological polar surface area (TPSA) is 54.5 Å². The van der Waals surface area contributed by atoms with Gasteiger partial charge in [0.1, 0.15) is 16.4 Å². The SMILES string of the molecule is CNC1CCC(N(Cc2cc(-c3ccccn3)ccc2OC)C(=O)c2sc3c(F)ccc(C)c3c2Cl)CC1. The fourth-order valence-electron chi connectivity index (χ4n) is 5.38. The van der Waals surface area contributed by atoms with Gasteiger partial charge >= 0.3 is 0 Å². The van der Waals surface area contributed by atoms with Crippen molar-refractivity contribution >= 4 is 38.9 Å². The van der Waals surface area contributed by atoms with E-state index in [0.29, 0.717) is 38.3 Å². The Kier molecular flexibility index (Phi) is 7.98. The van der Waals surface area contributed by atoms with Crippen LogP contribution in [-0.4, -0.2) is 42.0 Å². The molecule has 0 spiro atoms. The number of carbonyl (C=O) groups excluding carboxylic acids is 1. The molecule has 198 valence electrons. The molecular weight excluding hydrogens is 521 g/mol. The number of nitrogens with zero attached hydrogens (tertiary/aromatic N) is 2. The molecule has 0 bridgehead atoms. The van der Waals surface area contributed by atoms with Crippen LogP contribution in [0.1, 0.15) is 46.5 Å². The molecule has 0 atom stereocenters. The van der Waals surface area contributed by atoms with Gasteiger partial charge in [-0.3, -0.25) is 9.78 Å². The van der Waals surface area contributed by atoms with Crippen molar-refractivity contribution in [2.75, 3.05) is 14.2 Å². The van der Waals surface area contributed by atoms with Crippen molar-refractivity contribution in [2.45, 2.75) is 51.2 Å². The van der Waals surface area contributed by atoms with Crippen LogP contribution in [0.25, 0.3) is 21.3 Å². The summed E-state index contributed by atoms with van der Waals surface area (Å²) in [6.45, 7) is 2.24. The van der Waals surface area contributed by atoms with Gasteiger partial charge in [0.25, 0.3) is 5.91 Å². The number of rotatable bonds is 7. The van der Waals surface area contributed by atoms with Crippen molar-refractivity contribution in [3.8, 4) is 17.0 Å². The summed E-state index contributed by atoms with van der Waals surface area (Å²) in [5.74, 6) is 0.172. The lowest BCUT2D eigenvalue weighted by Gasteiger charge is -2.37. The first-order chi connectivity index (χ1) is 18.4. The summed E-state index contributed by atoms with van der Waals surface area (Å²) in [4.78, 5) is 21.0. The molecule has 2 aromatic heterocycles. The minimum atomic E-state index is -0.359. The number of benzene rings is 2. The molecule has 1 N–H and O–H groups in total. The summed E-state index contributed by atoms with van der Waals surface area (Å²) in [5.41, 5.74) is 3.54. The molecule has 1 amide bonds. The number of hydrogen-bond donors (Lipinski definition) is 1. The van der Waals surface area contributed by atoms with Gasteiger partial charge in [0.05, 0.1) is 22.5 Å². The largest absolute Gasteiger partial charge is 0.496 e. The van der Waals surface area contributed by atoms with Crippen LogP contribution >= 0.6 is 22.9 Å². The number of aromatic nitrogens is 1. The Hall–Kier alpha value is -3.00. The first-order valence-corrected chi connectivity index (χ1v) is 14.0. The number of thiophene rings is 1. The minimum absolute atomic E-state index is 0.0301. The van der Waals surface area contributed by atoms with Crippen molar-refractivity contribution in [1.82, 2.24) is 15.2 Å². The van der Waals surface area contributed by atoms with E-state index in [1.807, 2.05) is 55.3 Å². The molecule has 1 aliphatic rings. The highest BCUT2D eigenvalue weighted by atomic mass is 35.5. The lowest BCUT2D eigenvalue weighted by molar-refractivity contribution is 0.0604. The number of hydrogen-bond acceptors (Lipinski definition) is 5. The van der Waals surface area contributed by atoms with Gasteiger partial charge in [-0.1, -0.05) is 23.7 Å².